The Kier molecular flexibility index (Phi) is 4.79. The lowest BCUT2D eigenvalue weighted by Crippen LogP contribution is -2.25. The minimum absolute atomic E-state index is 0.688. The number of aromatic nitrogens is 2. The summed E-state index contributed by atoms with van der Waals surface area (Å²) in [7, 11) is 0. The third-order valence-corrected chi connectivity index (χ3v) is 4.53. The highest BCUT2D eigenvalue weighted by atomic mass is 15.2. The van der Waals surface area contributed by atoms with Crippen LogP contribution in [-0.2, 0) is 0 Å². The molecule has 0 amide bonds. The Morgan fingerprint density at radius 1 is 0.870 bits per heavy atom. The van der Waals surface area contributed by atoms with Crippen molar-refractivity contribution in [2.24, 2.45) is 0 Å². The minimum atomic E-state index is 0.688. The second-order valence-electron chi connectivity index (χ2n) is 6.52. The van der Waals surface area contributed by atoms with E-state index in [2.05, 4.69) is 53.3 Å². The lowest BCUT2D eigenvalue weighted by atomic mass is 10.1. The van der Waals surface area contributed by atoms with E-state index in [1.807, 2.05) is 6.92 Å². The van der Waals surface area contributed by atoms with E-state index in [1.54, 1.807) is 0 Å². The quantitative estimate of drug-likeness (QED) is 0.904. The van der Waals surface area contributed by atoms with Gasteiger partial charge in [-0.1, -0.05) is 18.9 Å². The van der Waals surface area contributed by atoms with Crippen LogP contribution in [0.5, 0.6) is 0 Å². The maximum Gasteiger partial charge on any atom is 0.229 e. The molecule has 0 unspecified atom stereocenters. The summed E-state index contributed by atoms with van der Waals surface area (Å²) in [6, 6.07) is 8.45. The van der Waals surface area contributed by atoms with Crippen LogP contribution >= 0.6 is 0 Å². The van der Waals surface area contributed by atoms with E-state index in [4.69, 9.17) is 4.98 Å². The summed E-state index contributed by atoms with van der Waals surface area (Å²) in [5.74, 6) is 1.73. The van der Waals surface area contributed by atoms with Gasteiger partial charge in [0, 0.05) is 30.5 Å². The Hall–Kier alpha value is -2.10. The number of nitrogens with one attached hydrogen (secondary N) is 1. The van der Waals surface area contributed by atoms with Gasteiger partial charge in [0.25, 0.3) is 0 Å². The van der Waals surface area contributed by atoms with Crippen molar-refractivity contribution in [3.8, 4) is 0 Å². The van der Waals surface area contributed by atoms with Gasteiger partial charge >= 0.3 is 0 Å². The Morgan fingerprint density at radius 3 is 2.30 bits per heavy atom. The molecule has 4 heteroatoms. The topological polar surface area (TPSA) is 41.1 Å². The molecule has 0 bridgehead atoms. The Bertz CT molecular complexity index is 673. The molecule has 2 aromatic rings. The molecule has 4 nitrogen and oxygen atoms in total. The minimum Gasteiger partial charge on any atom is -0.356 e. The van der Waals surface area contributed by atoms with Gasteiger partial charge in [-0.3, -0.25) is 0 Å². The van der Waals surface area contributed by atoms with E-state index in [1.165, 1.54) is 36.8 Å². The lowest BCUT2D eigenvalue weighted by molar-refractivity contribution is 0.726. The van der Waals surface area contributed by atoms with E-state index in [0.29, 0.717) is 5.95 Å². The number of hydrogen-bond acceptors (Lipinski definition) is 4. The summed E-state index contributed by atoms with van der Waals surface area (Å²) in [6.45, 7) is 8.48. The molecule has 0 aliphatic carbocycles. The van der Waals surface area contributed by atoms with Gasteiger partial charge in [-0.15, -0.1) is 0 Å². The molecule has 1 aliphatic heterocycles. The molecule has 1 aliphatic rings. The van der Waals surface area contributed by atoms with Gasteiger partial charge in [-0.25, -0.2) is 4.98 Å². The SMILES string of the molecule is Cc1cc(N2CCCCCC2)nc(Nc2ccc(C)c(C)c2)n1. The summed E-state index contributed by atoms with van der Waals surface area (Å²) in [6.07, 6.45) is 5.16. The second kappa shape index (κ2) is 6.99. The first-order valence-corrected chi connectivity index (χ1v) is 8.57. The Labute approximate surface area is 139 Å². The van der Waals surface area contributed by atoms with Crippen LogP contribution in [0.2, 0.25) is 0 Å². The zero-order chi connectivity index (χ0) is 16.2. The fourth-order valence-electron chi connectivity index (χ4n) is 3.02. The van der Waals surface area contributed by atoms with E-state index in [-0.39, 0.29) is 0 Å². The lowest BCUT2D eigenvalue weighted by Gasteiger charge is -2.22. The van der Waals surface area contributed by atoms with Gasteiger partial charge in [-0.05, 0) is 56.9 Å². The first kappa shape index (κ1) is 15.8. The molecular formula is C19H26N4. The number of anilines is 3. The van der Waals surface area contributed by atoms with Crippen LogP contribution < -0.4 is 10.2 Å². The predicted molar refractivity (Wildman–Crippen MR) is 96.6 cm³/mol. The van der Waals surface area contributed by atoms with Crippen LogP contribution in [0.25, 0.3) is 0 Å². The third-order valence-electron chi connectivity index (χ3n) is 4.53. The molecule has 3 rings (SSSR count). The Balaban J connectivity index is 1.83. The van der Waals surface area contributed by atoms with Crippen molar-refractivity contribution >= 4 is 17.5 Å². The van der Waals surface area contributed by atoms with Crippen LogP contribution in [0.15, 0.2) is 24.3 Å². The molecule has 23 heavy (non-hydrogen) atoms. The fourth-order valence-corrected chi connectivity index (χ4v) is 3.02. The maximum atomic E-state index is 4.75. The van der Waals surface area contributed by atoms with Crippen LogP contribution in [-0.4, -0.2) is 23.1 Å². The van der Waals surface area contributed by atoms with Crippen molar-refractivity contribution in [3.63, 3.8) is 0 Å². The monoisotopic (exact) mass is 310 g/mol. The molecule has 1 fully saturated rings. The molecule has 1 aromatic heterocycles. The first-order valence-electron chi connectivity index (χ1n) is 8.57. The number of benzene rings is 1. The van der Waals surface area contributed by atoms with Crippen LogP contribution in [0, 0.1) is 20.8 Å². The van der Waals surface area contributed by atoms with Crippen LogP contribution in [0.1, 0.15) is 42.5 Å². The third kappa shape index (κ3) is 4.01. The second-order valence-corrected chi connectivity index (χ2v) is 6.52. The molecule has 1 saturated heterocycles. The highest BCUT2D eigenvalue weighted by Crippen LogP contribution is 2.22. The van der Waals surface area contributed by atoms with Crippen molar-refractivity contribution < 1.29 is 0 Å². The fraction of sp³-hybridized carbons (Fsp3) is 0.474. The summed E-state index contributed by atoms with van der Waals surface area (Å²) < 4.78 is 0. The summed E-state index contributed by atoms with van der Waals surface area (Å²) >= 11 is 0. The molecule has 0 spiro atoms. The number of nitrogens with zero attached hydrogens (tertiary/aromatic N) is 3. The normalized spacial score (nSPS) is 15.3. The van der Waals surface area contributed by atoms with Crippen molar-refractivity contribution in [2.75, 3.05) is 23.3 Å². The molecule has 2 heterocycles. The van der Waals surface area contributed by atoms with Crippen LogP contribution in [0.3, 0.4) is 0 Å². The predicted octanol–water partition coefficient (Wildman–Crippen LogP) is 4.53. The molecule has 0 atom stereocenters. The van der Waals surface area contributed by atoms with Gasteiger partial charge in [0.2, 0.25) is 5.95 Å². The molecule has 122 valence electrons. The van der Waals surface area contributed by atoms with Gasteiger partial charge in [0.05, 0.1) is 0 Å². The van der Waals surface area contributed by atoms with E-state index in [0.717, 1.165) is 30.3 Å². The maximum absolute atomic E-state index is 4.75. The van der Waals surface area contributed by atoms with Crippen molar-refractivity contribution in [3.05, 3.63) is 41.1 Å². The van der Waals surface area contributed by atoms with Gasteiger partial charge in [-0.2, -0.15) is 4.98 Å². The first-order chi connectivity index (χ1) is 11.1. The van der Waals surface area contributed by atoms with Crippen LogP contribution in [0.4, 0.5) is 17.5 Å². The number of hydrogen-bond donors (Lipinski definition) is 1. The zero-order valence-electron chi connectivity index (χ0n) is 14.4. The van der Waals surface area contributed by atoms with Crippen molar-refractivity contribution in [1.82, 2.24) is 9.97 Å². The summed E-state index contributed by atoms with van der Waals surface area (Å²) in [5, 5.41) is 3.36. The highest BCUT2D eigenvalue weighted by molar-refractivity contribution is 5.57. The van der Waals surface area contributed by atoms with E-state index >= 15 is 0 Å². The Morgan fingerprint density at radius 2 is 1.61 bits per heavy atom. The van der Waals surface area contributed by atoms with Crippen molar-refractivity contribution in [2.45, 2.75) is 46.5 Å². The molecular weight excluding hydrogens is 284 g/mol. The molecule has 0 saturated carbocycles. The number of aryl methyl sites for hydroxylation is 3. The van der Waals surface area contributed by atoms with E-state index < -0.39 is 0 Å². The van der Waals surface area contributed by atoms with Crippen molar-refractivity contribution in [1.29, 1.82) is 0 Å². The largest absolute Gasteiger partial charge is 0.356 e. The van der Waals surface area contributed by atoms with E-state index in [9.17, 15) is 0 Å². The number of rotatable bonds is 3. The smallest absolute Gasteiger partial charge is 0.229 e. The average molecular weight is 310 g/mol. The molecule has 0 radical (unpaired) electrons. The molecule has 1 N–H and O–H groups in total. The average Bonchev–Trinajstić information content (AvgIpc) is 2.80. The van der Waals surface area contributed by atoms with Gasteiger partial charge < -0.3 is 10.2 Å². The van der Waals surface area contributed by atoms with Gasteiger partial charge in [0.1, 0.15) is 5.82 Å². The highest BCUT2D eigenvalue weighted by Gasteiger charge is 2.13. The zero-order valence-corrected chi connectivity index (χ0v) is 14.4. The van der Waals surface area contributed by atoms with Gasteiger partial charge in [0.15, 0.2) is 0 Å². The summed E-state index contributed by atoms with van der Waals surface area (Å²) in [4.78, 5) is 11.7. The summed E-state index contributed by atoms with van der Waals surface area (Å²) in [5.41, 5.74) is 4.62. The molecule has 1 aromatic carbocycles. The standard InChI is InChI=1S/C19H26N4/c1-14-8-9-17(12-15(14)2)21-19-20-16(3)13-18(22-19)23-10-6-4-5-7-11-23/h8-9,12-13H,4-7,10-11H2,1-3H3,(H,20,21,22).